The van der Waals surface area contributed by atoms with E-state index in [1.54, 1.807) is 47.5 Å². The molecule has 0 spiro atoms. The molecule has 31 heavy (non-hydrogen) atoms. The Morgan fingerprint density at radius 3 is 2.45 bits per heavy atom. The number of hydrogen-bond donors (Lipinski definition) is 1. The number of amides is 3. The number of fused-ring (bicyclic) bond motifs is 5. The molecule has 2 aromatic carbocycles. The Morgan fingerprint density at radius 1 is 0.903 bits per heavy atom. The summed E-state index contributed by atoms with van der Waals surface area (Å²) in [6.45, 7) is 0.274. The van der Waals surface area contributed by atoms with E-state index in [-0.39, 0.29) is 24.3 Å². The first-order valence-electron chi connectivity index (χ1n) is 10.1. The fourth-order valence-electron chi connectivity index (χ4n) is 4.22. The van der Waals surface area contributed by atoms with Crippen LogP contribution in [-0.2, 0) is 11.2 Å². The van der Waals surface area contributed by atoms with E-state index in [0.29, 0.717) is 29.8 Å². The highest BCUT2D eigenvalue weighted by Gasteiger charge is 2.47. The first-order chi connectivity index (χ1) is 15.1. The second kappa shape index (κ2) is 7.68. The second-order valence-electron chi connectivity index (χ2n) is 7.51. The van der Waals surface area contributed by atoms with E-state index >= 15 is 0 Å². The number of para-hydroxylation sites is 1. The highest BCUT2D eigenvalue weighted by atomic mass is 16.2. The minimum atomic E-state index is -0.632. The van der Waals surface area contributed by atoms with E-state index in [2.05, 4.69) is 10.3 Å². The fourth-order valence-corrected chi connectivity index (χ4v) is 4.22. The summed E-state index contributed by atoms with van der Waals surface area (Å²) < 4.78 is 0. The fraction of sp³-hybridized carbons (Fsp3) is 0.167. The summed E-state index contributed by atoms with van der Waals surface area (Å²) in [4.78, 5) is 46.5. The van der Waals surface area contributed by atoms with Gasteiger partial charge >= 0.3 is 0 Å². The van der Waals surface area contributed by atoms with E-state index in [1.807, 2.05) is 30.3 Å². The molecule has 3 amide bonds. The lowest BCUT2D eigenvalue weighted by atomic mass is 10.0. The van der Waals surface area contributed by atoms with Gasteiger partial charge < -0.3 is 10.2 Å². The van der Waals surface area contributed by atoms with Crippen LogP contribution >= 0.6 is 0 Å². The lowest BCUT2D eigenvalue weighted by Crippen LogP contribution is -2.51. The average Bonchev–Trinajstić information content (AvgIpc) is 3.10. The lowest BCUT2D eigenvalue weighted by Gasteiger charge is -2.40. The van der Waals surface area contributed by atoms with Gasteiger partial charge in [0.25, 0.3) is 11.8 Å². The molecule has 0 fully saturated rings. The van der Waals surface area contributed by atoms with Gasteiger partial charge in [0, 0.05) is 36.0 Å². The third-order valence-electron chi connectivity index (χ3n) is 5.63. The van der Waals surface area contributed by atoms with Crippen molar-refractivity contribution in [3.05, 3.63) is 95.3 Å². The van der Waals surface area contributed by atoms with E-state index < -0.39 is 6.17 Å². The number of pyridine rings is 1. The molecule has 0 bridgehead atoms. The molecule has 5 rings (SSSR count). The SMILES string of the molecule is O=C(CN1C(=O)c2ccccc2N2C(=O)c3ccccc3[C@@H]12)NCCc1ccccn1. The molecule has 0 aliphatic carbocycles. The summed E-state index contributed by atoms with van der Waals surface area (Å²) in [5.41, 5.74) is 3.16. The summed E-state index contributed by atoms with van der Waals surface area (Å²) in [6, 6.07) is 19.9. The zero-order chi connectivity index (χ0) is 21.4. The van der Waals surface area contributed by atoms with E-state index in [0.717, 1.165) is 11.3 Å². The van der Waals surface area contributed by atoms with Crippen LogP contribution in [0.1, 0.15) is 38.1 Å². The number of nitrogens with zero attached hydrogens (tertiary/aromatic N) is 3. The highest BCUT2D eigenvalue weighted by Crippen LogP contribution is 2.44. The van der Waals surface area contributed by atoms with Crippen LogP contribution in [0, 0.1) is 0 Å². The summed E-state index contributed by atoms with van der Waals surface area (Å²) in [5.74, 6) is -0.706. The van der Waals surface area contributed by atoms with Gasteiger partial charge in [0.2, 0.25) is 5.91 Å². The van der Waals surface area contributed by atoms with Crippen LogP contribution < -0.4 is 10.2 Å². The number of nitrogens with one attached hydrogen (secondary N) is 1. The number of rotatable bonds is 5. The summed E-state index contributed by atoms with van der Waals surface area (Å²) in [7, 11) is 0. The molecule has 154 valence electrons. The van der Waals surface area contributed by atoms with Gasteiger partial charge in [-0.3, -0.25) is 24.3 Å². The third-order valence-corrected chi connectivity index (χ3v) is 5.63. The number of hydrogen-bond acceptors (Lipinski definition) is 4. The van der Waals surface area contributed by atoms with Crippen molar-refractivity contribution in [2.45, 2.75) is 12.6 Å². The zero-order valence-corrected chi connectivity index (χ0v) is 16.7. The molecule has 0 saturated carbocycles. The largest absolute Gasteiger partial charge is 0.354 e. The number of benzene rings is 2. The van der Waals surface area contributed by atoms with Crippen molar-refractivity contribution in [1.29, 1.82) is 0 Å². The zero-order valence-electron chi connectivity index (χ0n) is 16.7. The maximum atomic E-state index is 13.3. The molecule has 1 atom stereocenters. The number of aromatic nitrogens is 1. The van der Waals surface area contributed by atoms with Crippen molar-refractivity contribution in [3.8, 4) is 0 Å². The predicted molar refractivity (Wildman–Crippen MR) is 114 cm³/mol. The Morgan fingerprint density at radius 2 is 1.65 bits per heavy atom. The van der Waals surface area contributed by atoms with E-state index in [9.17, 15) is 14.4 Å². The van der Waals surface area contributed by atoms with Gasteiger partial charge in [0.15, 0.2) is 0 Å². The van der Waals surface area contributed by atoms with Crippen LogP contribution in [0.4, 0.5) is 5.69 Å². The standard InChI is InChI=1S/C24H20N4O3/c29-21(26-14-12-16-7-5-6-13-25-16)15-27-22-17-8-1-2-9-18(17)24(31)28(22)20-11-4-3-10-19(20)23(27)30/h1-11,13,22H,12,14-15H2,(H,26,29)/t22-/m0/s1. The molecule has 0 unspecified atom stereocenters. The maximum Gasteiger partial charge on any atom is 0.260 e. The van der Waals surface area contributed by atoms with Gasteiger partial charge in [-0.2, -0.15) is 0 Å². The third kappa shape index (κ3) is 3.24. The minimum absolute atomic E-state index is 0.141. The number of carbonyl (C=O) groups is 3. The van der Waals surface area contributed by atoms with Crippen LogP contribution in [0.25, 0.3) is 0 Å². The maximum absolute atomic E-state index is 13.3. The first-order valence-corrected chi connectivity index (χ1v) is 10.1. The molecule has 0 saturated heterocycles. The molecule has 0 radical (unpaired) electrons. The topological polar surface area (TPSA) is 82.6 Å². The quantitative estimate of drug-likeness (QED) is 0.698. The predicted octanol–water partition coefficient (Wildman–Crippen LogP) is 2.56. The molecule has 3 aromatic rings. The van der Waals surface area contributed by atoms with Crippen molar-refractivity contribution in [3.63, 3.8) is 0 Å². The molecule has 1 N–H and O–H groups in total. The smallest absolute Gasteiger partial charge is 0.260 e. The Balaban J connectivity index is 1.40. The lowest BCUT2D eigenvalue weighted by molar-refractivity contribution is -0.122. The molecule has 2 aliphatic rings. The monoisotopic (exact) mass is 412 g/mol. The average molecular weight is 412 g/mol. The second-order valence-corrected chi connectivity index (χ2v) is 7.51. The molecule has 7 heteroatoms. The summed E-state index contributed by atoms with van der Waals surface area (Å²) in [5, 5.41) is 2.86. The number of anilines is 1. The van der Waals surface area contributed by atoms with Gasteiger partial charge in [0.1, 0.15) is 12.7 Å². The van der Waals surface area contributed by atoms with Crippen LogP contribution in [0.15, 0.2) is 72.9 Å². The molecule has 7 nitrogen and oxygen atoms in total. The van der Waals surface area contributed by atoms with Gasteiger partial charge in [-0.25, -0.2) is 0 Å². The summed E-state index contributed by atoms with van der Waals surface area (Å²) in [6.07, 6.45) is 1.68. The Labute approximate surface area is 179 Å². The van der Waals surface area contributed by atoms with Crippen LogP contribution in [0.3, 0.4) is 0 Å². The molecular formula is C24H20N4O3. The van der Waals surface area contributed by atoms with Crippen LogP contribution in [0.5, 0.6) is 0 Å². The molecule has 1 aromatic heterocycles. The highest BCUT2D eigenvalue weighted by molar-refractivity contribution is 6.17. The van der Waals surface area contributed by atoms with Gasteiger partial charge in [0.05, 0.1) is 11.3 Å². The van der Waals surface area contributed by atoms with Gasteiger partial charge in [-0.05, 0) is 30.3 Å². The van der Waals surface area contributed by atoms with Crippen molar-refractivity contribution in [2.75, 3.05) is 18.0 Å². The van der Waals surface area contributed by atoms with Crippen molar-refractivity contribution < 1.29 is 14.4 Å². The van der Waals surface area contributed by atoms with Crippen molar-refractivity contribution in [2.24, 2.45) is 0 Å². The normalized spacial score (nSPS) is 16.6. The molecular weight excluding hydrogens is 392 g/mol. The minimum Gasteiger partial charge on any atom is -0.354 e. The van der Waals surface area contributed by atoms with Gasteiger partial charge in [-0.1, -0.05) is 36.4 Å². The van der Waals surface area contributed by atoms with E-state index in [1.165, 1.54) is 4.90 Å². The Hall–Kier alpha value is -4.00. The summed E-state index contributed by atoms with van der Waals surface area (Å²) >= 11 is 0. The van der Waals surface area contributed by atoms with E-state index in [4.69, 9.17) is 0 Å². The van der Waals surface area contributed by atoms with Crippen LogP contribution in [0.2, 0.25) is 0 Å². The molecule has 2 aliphatic heterocycles. The number of carbonyl (C=O) groups excluding carboxylic acids is 3. The molecule has 3 heterocycles. The Kier molecular flexibility index (Phi) is 4.71. The van der Waals surface area contributed by atoms with Gasteiger partial charge in [-0.15, -0.1) is 0 Å². The van der Waals surface area contributed by atoms with Crippen molar-refractivity contribution in [1.82, 2.24) is 15.2 Å². The van der Waals surface area contributed by atoms with Crippen molar-refractivity contribution >= 4 is 23.4 Å². The first kappa shape index (κ1) is 19.0. The Bertz CT molecular complexity index is 1180. The van der Waals surface area contributed by atoms with Crippen LogP contribution in [-0.4, -0.2) is 40.7 Å².